The third-order valence-corrected chi connectivity index (χ3v) is 4.32. The largest absolute Gasteiger partial charge is 0.488 e. The Morgan fingerprint density at radius 3 is 3.08 bits per heavy atom. The molecular formula is C17H20ClN3O3. The van der Waals surface area contributed by atoms with E-state index in [0.29, 0.717) is 18.8 Å². The van der Waals surface area contributed by atoms with E-state index in [1.165, 1.54) is 4.68 Å². The van der Waals surface area contributed by atoms with Gasteiger partial charge in [-0.05, 0) is 18.6 Å². The van der Waals surface area contributed by atoms with Crippen LogP contribution in [-0.4, -0.2) is 29.1 Å². The molecule has 24 heavy (non-hydrogen) atoms. The fourth-order valence-corrected chi connectivity index (χ4v) is 2.77. The van der Waals surface area contributed by atoms with Crippen molar-refractivity contribution in [3.05, 3.63) is 50.9 Å². The molecule has 1 aliphatic heterocycles. The number of nitrogens with one attached hydrogen (secondary N) is 1. The van der Waals surface area contributed by atoms with Crippen molar-refractivity contribution < 1.29 is 9.47 Å². The molecule has 1 N–H and O–H groups in total. The van der Waals surface area contributed by atoms with Gasteiger partial charge < -0.3 is 14.8 Å². The standard InChI is InChI=1S/C17H20ClN3O3/c1-11-3-4-12(15(7-11)24-13-5-6-23-10-13)8-19-14-9-20-21(2)17(22)16(14)18/h3-4,7,9,13,19H,5-6,8,10H2,1-2H3. The number of nitrogens with zero attached hydrogens (tertiary/aromatic N) is 2. The lowest BCUT2D eigenvalue weighted by molar-refractivity contribution is 0.140. The summed E-state index contributed by atoms with van der Waals surface area (Å²) in [5.74, 6) is 0.825. The number of halogens is 1. The maximum absolute atomic E-state index is 11.8. The van der Waals surface area contributed by atoms with E-state index in [9.17, 15) is 4.79 Å². The molecule has 128 valence electrons. The number of rotatable bonds is 5. The Morgan fingerprint density at radius 1 is 1.50 bits per heavy atom. The highest BCUT2D eigenvalue weighted by atomic mass is 35.5. The Labute approximate surface area is 145 Å². The van der Waals surface area contributed by atoms with Gasteiger partial charge in [0.2, 0.25) is 0 Å². The summed E-state index contributed by atoms with van der Waals surface area (Å²) in [7, 11) is 1.56. The summed E-state index contributed by atoms with van der Waals surface area (Å²) < 4.78 is 12.6. The molecule has 2 heterocycles. The van der Waals surface area contributed by atoms with E-state index in [0.717, 1.165) is 29.9 Å². The van der Waals surface area contributed by atoms with Gasteiger partial charge in [-0.15, -0.1) is 0 Å². The van der Waals surface area contributed by atoms with Gasteiger partial charge >= 0.3 is 0 Å². The highest BCUT2D eigenvalue weighted by Crippen LogP contribution is 2.25. The molecule has 3 rings (SSSR count). The Balaban J connectivity index is 1.77. The minimum atomic E-state index is -0.329. The highest BCUT2D eigenvalue weighted by molar-refractivity contribution is 6.32. The first-order valence-corrected chi connectivity index (χ1v) is 8.22. The van der Waals surface area contributed by atoms with E-state index in [-0.39, 0.29) is 16.7 Å². The molecule has 0 bridgehead atoms. The monoisotopic (exact) mass is 349 g/mol. The van der Waals surface area contributed by atoms with Crippen molar-refractivity contribution in [2.45, 2.75) is 26.0 Å². The molecule has 0 radical (unpaired) electrons. The SMILES string of the molecule is Cc1ccc(CNc2cnn(C)c(=O)c2Cl)c(OC2CCOC2)c1. The van der Waals surface area contributed by atoms with E-state index in [4.69, 9.17) is 21.1 Å². The molecule has 1 unspecified atom stereocenters. The lowest BCUT2D eigenvalue weighted by atomic mass is 10.1. The van der Waals surface area contributed by atoms with Crippen LogP contribution in [0.3, 0.4) is 0 Å². The van der Waals surface area contributed by atoms with Crippen molar-refractivity contribution in [3.8, 4) is 5.75 Å². The summed E-state index contributed by atoms with van der Waals surface area (Å²) in [6.07, 6.45) is 2.52. The average molecular weight is 350 g/mol. The Kier molecular flexibility index (Phi) is 5.06. The third-order valence-electron chi connectivity index (χ3n) is 3.95. The fourth-order valence-electron chi connectivity index (χ4n) is 2.53. The molecule has 0 spiro atoms. The zero-order valence-corrected chi connectivity index (χ0v) is 14.5. The molecule has 1 aliphatic rings. The van der Waals surface area contributed by atoms with Crippen molar-refractivity contribution in [2.75, 3.05) is 18.5 Å². The number of hydrogen-bond donors (Lipinski definition) is 1. The van der Waals surface area contributed by atoms with E-state index >= 15 is 0 Å². The molecule has 6 nitrogen and oxygen atoms in total. The van der Waals surface area contributed by atoms with Crippen molar-refractivity contribution >= 4 is 17.3 Å². The van der Waals surface area contributed by atoms with Gasteiger partial charge in [0.15, 0.2) is 0 Å². The minimum Gasteiger partial charge on any atom is -0.488 e. The van der Waals surface area contributed by atoms with Crippen molar-refractivity contribution in [3.63, 3.8) is 0 Å². The Bertz CT molecular complexity index is 785. The Morgan fingerprint density at radius 2 is 2.33 bits per heavy atom. The maximum atomic E-state index is 11.8. The smallest absolute Gasteiger partial charge is 0.287 e. The number of anilines is 1. The zero-order valence-electron chi connectivity index (χ0n) is 13.7. The number of aryl methyl sites for hydroxylation is 2. The second-order valence-corrected chi connectivity index (χ2v) is 6.25. The molecule has 1 fully saturated rings. The van der Waals surface area contributed by atoms with Crippen LogP contribution in [0.4, 0.5) is 5.69 Å². The molecule has 0 aliphatic carbocycles. The molecule has 1 aromatic heterocycles. The van der Waals surface area contributed by atoms with Crippen molar-refractivity contribution in [2.24, 2.45) is 7.05 Å². The van der Waals surface area contributed by atoms with Crippen LogP contribution in [-0.2, 0) is 18.3 Å². The van der Waals surface area contributed by atoms with Crippen LogP contribution in [0.1, 0.15) is 17.5 Å². The average Bonchev–Trinajstić information content (AvgIpc) is 3.06. The summed E-state index contributed by atoms with van der Waals surface area (Å²) >= 11 is 6.08. The summed E-state index contributed by atoms with van der Waals surface area (Å²) in [4.78, 5) is 11.8. The van der Waals surface area contributed by atoms with E-state index in [1.54, 1.807) is 13.2 Å². The van der Waals surface area contributed by atoms with Gasteiger partial charge in [0, 0.05) is 25.6 Å². The van der Waals surface area contributed by atoms with Gasteiger partial charge in [-0.3, -0.25) is 4.79 Å². The first-order chi connectivity index (χ1) is 11.5. The first-order valence-electron chi connectivity index (χ1n) is 7.84. The summed E-state index contributed by atoms with van der Waals surface area (Å²) in [5, 5.41) is 7.27. The molecule has 0 amide bonds. The van der Waals surface area contributed by atoms with Crippen LogP contribution in [0.2, 0.25) is 5.02 Å². The molecule has 7 heteroatoms. The van der Waals surface area contributed by atoms with E-state index in [2.05, 4.69) is 10.4 Å². The minimum absolute atomic E-state index is 0.0832. The van der Waals surface area contributed by atoms with Gasteiger partial charge in [-0.25, -0.2) is 4.68 Å². The number of aromatic nitrogens is 2. The van der Waals surface area contributed by atoms with Gasteiger partial charge in [-0.2, -0.15) is 5.10 Å². The van der Waals surface area contributed by atoms with Gasteiger partial charge in [-0.1, -0.05) is 23.7 Å². The van der Waals surface area contributed by atoms with Crippen LogP contribution in [0.25, 0.3) is 0 Å². The van der Waals surface area contributed by atoms with Gasteiger partial charge in [0.25, 0.3) is 5.56 Å². The maximum Gasteiger partial charge on any atom is 0.287 e. The topological polar surface area (TPSA) is 65.4 Å². The quantitative estimate of drug-likeness (QED) is 0.898. The molecule has 0 saturated carbocycles. The molecule has 2 aromatic rings. The normalized spacial score (nSPS) is 17.0. The summed E-state index contributed by atoms with van der Waals surface area (Å²) in [6, 6.07) is 6.05. The predicted molar refractivity (Wildman–Crippen MR) is 92.8 cm³/mol. The Hall–Kier alpha value is -2.05. The van der Waals surface area contributed by atoms with E-state index in [1.807, 2.05) is 25.1 Å². The van der Waals surface area contributed by atoms with Gasteiger partial charge in [0.05, 0.1) is 25.1 Å². The number of hydrogen-bond acceptors (Lipinski definition) is 5. The van der Waals surface area contributed by atoms with Crippen LogP contribution >= 0.6 is 11.6 Å². The summed E-state index contributed by atoms with van der Waals surface area (Å²) in [6.45, 7) is 3.86. The summed E-state index contributed by atoms with van der Waals surface area (Å²) in [5.41, 5.74) is 2.30. The first kappa shape index (κ1) is 16.8. The predicted octanol–water partition coefficient (Wildman–Crippen LogP) is 2.52. The molecule has 1 aromatic carbocycles. The van der Waals surface area contributed by atoms with Crippen molar-refractivity contribution in [1.82, 2.24) is 9.78 Å². The van der Waals surface area contributed by atoms with Crippen LogP contribution in [0.15, 0.2) is 29.2 Å². The third kappa shape index (κ3) is 3.71. The van der Waals surface area contributed by atoms with Gasteiger partial charge in [0.1, 0.15) is 16.9 Å². The van der Waals surface area contributed by atoms with E-state index < -0.39 is 0 Å². The number of ether oxygens (including phenoxy) is 2. The lowest BCUT2D eigenvalue weighted by Gasteiger charge is -2.17. The lowest BCUT2D eigenvalue weighted by Crippen LogP contribution is -2.21. The van der Waals surface area contributed by atoms with Crippen LogP contribution in [0.5, 0.6) is 5.75 Å². The molecule has 1 atom stereocenters. The zero-order chi connectivity index (χ0) is 17.1. The molecule has 1 saturated heterocycles. The number of benzene rings is 1. The van der Waals surface area contributed by atoms with Crippen LogP contribution in [0, 0.1) is 6.92 Å². The van der Waals surface area contributed by atoms with Crippen LogP contribution < -0.4 is 15.6 Å². The molecular weight excluding hydrogens is 330 g/mol. The fraction of sp³-hybridized carbons (Fsp3) is 0.412. The second kappa shape index (κ2) is 7.23. The second-order valence-electron chi connectivity index (χ2n) is 5.87. The highest BCUT2D eigenvalue weighted by Gasteiger charge is 2.19. The van der Waals surface area contributed by atoms with Crippen molar-refractivity contribution in [1.29, 1.82) is 0 Å².